The minimum atomic E-state index is -5.41. The number of nitrogens with zero attached hydrogens (tertiary/aromatic N) is 2. The van der Waals surface area contributed by atoms with Crippen LogP contribution in [0.4, 0.5) is 23.4 Å². The van der Waals surface area contributed by atoms with Crippen LogP contribution in [-0.2, 0) is 23.3 Å². The Morgan fingerprint density at radius 1 is 1.21 bits per heavy atom. The van der Waals surface area contributed by atoms with E-state index in [0.29, 0.717) is 5.69 Å². The SMILES string of the molecule is O=C(NC1(C(F)(F)F)C(=O)Nc2c1c(=O)[nH]c(=S)n2CCc1cnc[nH]1)c1ccc(F)cc1. The zero-order chi connectivity index (χ0) is 24.0. The van der Waals surface area contributed by atoms with Gasteiger partial charge in [-0.2, -0.15) is 13.2 Å². The average Bonchev–Trinajstić information content (AvgIpc) is 3.35. The maximum atomic E-state index is 14.4. The zero-order valence-electron chi connectivity index (χ0n) is 16.4. The van der Waals surface area contributed by atoms with E-state index in [4.69, 9.17) is 12.2 Å². The molecule has 3 aromatic rings. The third kappa shape index (κ3) is 3.71. The fourth-order valence-corrected chi connectivity index (χ4v) is 3.81. The average molecular weight is 482 g/mol. The Kier molecular flexibility index (Phi) is 5.40. The highest BCUT2D eigenvalue weighted by molar-refractivity contribution is 7.71. The zero-order valence-corrected chi connectivity index (χ0v) is 17.2. The predicted molar refractivity (Wildman–Crippen MR) is 108 cm³/mol. The van der Waals surface area contributed by atoms with Crippen molar-refractivity contribution in [3.05, 3.63) is 74.6 Å². The third-order valence-electron chi connectivity index (χ3n) is 5.14. The second kappa shape index (κ2) is 7.95. The fraction of sp³-hybridized carbons (Fsp3) is 0.211. The molecule has 0 bridgehead atoms. The van der Waals surface area contributed by atoms with Crippen LogP contribution in [0.15, 0.2) is 41.6 Å². The molecule has 4 N–H and O–H groups in total. The van der Waals surface area contributed by atoms with E-state index < -0.39 is 46.3 Å². The van der Waals surface area contributed by atoms with Gasteiger partial charge in [-0.3, -0.25) is 19.4 Å². The van der Waals surface area contributed by atoms with Gasteiger partial charge in [0, 0.05) is 30.4 Å². The summed E-state index contributed by atoms with van der Waals surface area (Å²) in [5.41, 5.74) is -5.74. The molecule has 0 radical (unpaired) electrons. The highest BCUT2D eigenvalue weighted by atomic mass is 32.1. The Hall–Kier alpha value is -3.81. The van der Waals surface area contributed by atoms with Crippen LogP contribution in [0, 0.1) is 10.6 Å². The van der Waals surface area contributed by atoms with Gasteiger partial charge in [-0.1, -0.05) is 0 Å². The minimum absolute atomic E-state index is 0.0136. The lowest BCUT2D eigenvalue weighted by Gasteiger charge is -2.30. The maximum Gasteiger partial charge on any atom is 0.425 e. The molecular formula is C19H14F4N6O3S. The van der Waals surface area contributed by atoms with E-state index in [1.807, 2.05) is 0 Å². The molecule has 4 rings (SSSR count). The summed E-state index contributed by atoms with van der Waals surface area (Å²) in [5, 5.41) is 3.71. The van der Waals surface area contributed by atoms with Crippen molar-refractivity contribution in [2.45, 2.75) is 24.7 Å². The number of anilines is 1. The van der Waals surface area contributed by atoms with Gasteiger partial charge in [-0.05, 0) is 36.5 Å². The van der Waals surface area contributed by atoms with Crippen molar-refractivity contribution in [3.8, 4) is 0 Å². The molecule has 1 atom stereocenters. The molecule has 0 saturated heterocycles. The number of imidazole rings is 1. The normalized spacial score (nSPS) is 17.5. The lowest BCUT2D eigenvalue weighted by molar-refractivity contribution is -0.196. The van der Waals surface area contributed by atoms with Crippen LogP contribution in [0.25, 0.3) is 0 Å². The van der Waals surface area contributed by atoms with E-state index in [1.54, 1.807) is 5.32 Å². The number of halogens is 4. The van der Waals surface area contributed by atoms with Crippen molar-refractivity contribution < 1.29 is 27.2 Å². The summed E-state index contributed by atoms with van der Waals surface area (Å²) in [5.74, 6) is -4.21. The number of aromatic amines is 2. The number of rotatable bonds is 5. The summed E-state index contributed by atoms with van der Waals surface area (Å²) in [6.07, 6.45) is -2.26. The number of hydrogen-bond acceptors (Lipinski definition) is 5. The molecule has 33 heavy (non-hydrogen) atoms. The Morgan fingerprint density at radius 3 is 2.52 bits per heavy atom. The first kappa shape index (κ1) is 22.4. The number of aromatic nitrogens is 4. The predicted octanol–water partition coefficient (Wildman–Crippen LogP) is 2.15. The number of carbonyl (C=O) groups is 2. The maximum absolute atomic E-state index is 14.4. The van der Waals surface area contributed by atoms with E-state index in [0.717, 1.165) is 28.8 Å². The fourth-order valence-electron chi connectivity index (χ4n) is 3.54. The molecule has 2 amide bonds. The Bertz CT molecular complexity index is 1350. The van der Waals surface area contributed by atoms with Crippen LogP contribution in [-0.4, -0.2) is 37.5 Å². The molecule has 0 aliphatic carbocycles. The molecule has 1 aromatic carbocycles. The number of aryl methyl sites for hydroxylation is 1. The van der Waals surface area contributed by atoms with Gasteiger partial charge < -0.3 is 20.2 Å². The molecule has 9 nitrogen and oxygen atoms in total. The first-order valence-corrected chi connectivity index (χ1v) is 9.76. The minimum Gasteiger partial charge on any atom is -0.348 e. The van der Waals surface area contributed by atoms with Crippen LogP contribution in [0.1, 0.15) is 21.6 Å². The van der Waals surface area contributed by atoms with Crippen LogP contribution in [0.2, 0.25) is 0 Å². The van der Waals surface area contributed by atoms with Gasteiger partial charge in [0.25, 0.3) is 22.9 Å². The quantitative estimate of drug-likeness (QED) is 0.328. The Morgan fingerprint density at radius 2 is 1.91 bits per heavy atom. The summed E-state index contributed by atoms with van der Waals surface area (Å²) in [6.45, 7) is -0.0136. The number of fused-ring (bicyclic) bond motifs is 1. The molecule has 0 fully saturated rings. The van der Waals surface area contributed by atoms with Crippen LogP contribution in [0.3, 0.4) is 0 Å². The van der Waals surface area contributed by atoms with Crippen molar-refractivity contribution in [1.82, 2.24) is 24.8 Å². The second-order valence-electron chi connectivity index (χ2n) is 7.12. The Balaban J connectivity index is 1.84. The molecule has 0 saturated carbocycles. The van der Waals surface area contributed by atoms with E-state index >= 15 is 0 Å². The molecular weight excluding hydrogens is 468 g/mol. The van der Waals surface area contributed by atoms with Crippen LogP contribution < -0.4 is 16.2 Å². The number of benzene rings is 1. The standard InChI is InChI=1S/C19H14F4N6O3S/c20-10-3-1-9(2-4-10)14(30)28-18(19(21,22)23)12-13(26-16(18)32)29(17(33)27-15(12)31)6-5-11-7-24-8-25-11/h1-4,7-8H,5-6H2,(H,24,25)(H,26,32)(H,28,30)(H,27,31,33). The van der Waals surface area contributed by atoms with E-state index in [-0.39, 0.29) is 23.3 Å². The van der Waals surface area contributed by atoms with Crippen LogP contribution >= 0.6 is 12.2 Å². The Labute approximate surface area is 186 Å². The number of alkyl halides is 3. The van der Waals surface area contributed by atoms with E-state index in [1.165, 1.54) is 12.5 Å². The lowest BCUT2D eigenvalue weighted by atomic mass is 9.91. The second-order valence-corrected chi connectivity index (χ2v) is 7.51. The smallest absolute Gasteiger partial charge is 0.348 e. The van der Waals surface area contributed by atoms with Gasteiger partial charge in [0.05, 0.1) is 6.33 Å². The number of carbonyl (C=O) groups excluding carboxylic acids is 2. The van der Waals surface area contributed by atoms with Crippen molar-refractivity contribution in [2.24, 2.45) is 0 Å². The van der Waals surface area contributed by atoms with Gasteiger partial charge in [0.2, 0.25) is 0 Å². The van der Waals surface area contributed by atoms with Crippen molar-refractivity contribution in [2.75, 3.05) is 5.32 Å². The molecule has 172 valence electrons. The number of H-pyrrole nitrogens is 2. The summed E-state index contributed by atoms with van der Waals surface area (Å²) >= 11 is 5.09. The topological polar surface area (TPSA) is 125 Å². The molecule has 14 heteroatoms. The highest BCUT2D eigenvalue weighted by Gasteiger charge is 2.68. The molecule has 0 spiro atoms. The van der Waals surface area contributed by atoms with Gasteiger partial charge >= 0.3 is 6.18 Å². The molecule has 2 aromatic heterocycles. The van der Waals surface area contributed by atoms with Crippen molar-refractivity contribution in [1.29, 1.82) is 0 Å². The summed E-state index contributed by atoms with van der Waals surface area (Å²) in [4.78, 5) is 46.8. The van der Waals surface area contributed by atoms with E-state index in [9.17, 15) is 31.9 Å². The first-order chi connectivity index (χ1) is 15.5. The van der Waals surface area contributed by atoms with E-state index in [2.05, 4.69) is 20.3 Å². The first-order valence-electron chi connectivity index (χ1n) is 9.35. The summed E-state index contributed by atoms with van der Waals surface area (Å²) in [6, 6.07) is 3.64. The van der Waals surface area contributed by atoms with Crippen molar-refractivity contribution >= 4 is 29.9 Å². The molecule has 1 aliphatic heterocycles. The lowest BCUT2D eigenvalue weighted by Crippen LogP contribution is -2.61. The van der Waals surface area contributed by atoms with Crippen LogP contribution in [0.5, 0.6) is 0 Å². The van der Waals surface area contributed by atoms with Crippen molar-refractivity contribution in [3.63, 3.8) is 0 Å². The summed E-state index contributed by atoms with van der Waals surface area (Å²) in [7, 11) is 0. The largest absolute Gasteiger partial charge is 0.425 e. The third-order valence-corrected chi connectivity index (χ3v) is 5.46. The molecule has 3 heterocycles. The monoisotopic (exact) mass is 482 g/mol. The van der Waals surface area contributed by atoms with Gasteiger partial charge in [0.1, 0.15) is 17.2 Å². The highest BCUT2D eigenvalue weighted by Crippen LogP contribution is 2.45. The van der Waals surface area contributed by atoms with Gasteiger partial charge in [-0.15, -0.1) is 0 Å². The summed E-state index contributed by atoms with van der Waals surface area (Å²) < 4.78 is 57.2. The number of hydrogen-bond donors (Lipinski definition) is 4. The molecule has 1 unspecified atom stereocenters. The van der Waals surface area contributed by atoms with Gasteiger partial charge in [-0.25, -0.2) is 9.37 Å². The van der Waals surface area contributed by atoms with Gasteiger partial charge in [0.15, 0.2) is 4.77 Å². The number of amides is 2. The molecule has 1 aliphatic rings. The number of nitrogens with one attached hydrogen (secondary N) is 4.